The SMILES string of the molecule is COCCC(C)(C)CNCc1cccc2c1OCO2. The summed E-state index contributed by atoms with van der Waals surface area (Å²) in [4.78, 5) is 0. The summed E-state index contributed by atoms with van der Waals surface area (Å²) in [6, 6.07) is 6.01. The van der Waals surface area contributed by atoms with Crippen LogP contribution in [0.3, 0.4) is 0 Å². The highest BCUT2D eigenvalue weighted by molar-refractivity contribution is 5.48. The van der Waals surface area contributed by atoms with E-state index in [-0.39, 0.29) is 5.41 Å². The largest absolute Gasteiger partial charge is 0.454 e. The smallest absolute Gasteiger partial charge is 0.231 e. The zero-order valence-electron chi connectivity index (χ0n) is 12.0. The predicted molar refractivity (Wildman–Crippen MR) is 74.5 cm³/mol. The quantitative estimate of drug-likeness (QED) is 0.822. The Hall–Kier alpha value is -1.26. The number of hydrogen-bond acceptors (Lipinski definition) is 4. The molecule has 0 atom stereocenters. The van der Waals surface area contributed by atoms with E-state index in [1.165, 1.54) is 0 Å². The Morgan fingerprint density at radius 3 is 2.95 bits per heavy atom. The Labute approximate surface area is 115 Å². The monoisotopic (exact) mass is 265 g/mol. The normalized spacial score (nSPS) is 13.8. The van der Waals surface area contributed by atoms with Crippen molar-refractivity contribution in [3.05, 3.63) is 23.8 Å². The molecule has 4 nitrogen and oxygen atoms in total. The van der Waals surface area contributed by atoms with Gasteiger partial charge < -0.3 is 19.5 Å². The van der Waals surface area contributed by atoms with Gasteiger partial charge in [-0.1, -0.05) is 26.0 Å². The van der Waals surface area contributed by atoms with Gasteiger partial charge in [-0.2, -0.15) is 0 Å². The van der Waals surface area contributed by atoms with Crippen LogP contribution in [0.5, 0.6) is 11.5 Å². The molecule has 1 N–H and O–H groups in total. The first-order valence-electron chi connectivity index (χ1n) is 6.69. The molecule has 0 aliphatic carbocycles. The first kappa shape index (κ1) is 14.2. The number of ether oxygens (including phenoxy) is 3. The van der Waals surface area contributed by atoms with Gasteiger partial charge in [-0.3, -0.25) is 0 Å². The van der Waals surface area contributed by atoms with Crippen molar-refractivity contribution in [3.8, 4) is 11.5 Å². The number of para-hydroxylation sites is 1. The second kappa shape index (κ2) is 6.26. The molecule has 0 saturated carbocycles. The summed E-state index contributed by atoms with van der Waals surface area (Å²) in [5.74, 6) is 1.72. The van der Waals surface area contributed by atoms with E-state index in [4.69, 9.17) is 14.2 Å². The summed E-state index contributed by atoms with van der Waals surface area (Å²) < 4.78 is 16.0. The lowest BCUT2D eigenvalue weighted by Crippen LogP contribution is -2.30. The lowest BCUT2D eigenvalue weighted by atomic mass is 9.89. The van der Waals surface area contributed by atoms with Crippen LogP contribution in [-0.4, -0.2) is 27.1 Å². The van der Waals surface area contributed by atoms with Crippen molar-refractivity contribution in [1.82, 2.24) is 5.32 Å². The number of hydrogen-bond donors (Lipinski definition) is 1. The molecule has 1 heterocycles. The fourth-order valence-corrected chi connectivity index (χ4v) is 2.13. The molecule has 0 aromatic heterocycles. The number of rotatable bonds is 7. The molecule has 1 aliphatic heterocycles. The number of nitrogens with one attached hydrogen (secondary N) is 1. The highest BCUT2D eigenvalue weighted by Gasteiger charge is 2.19. The van der Waals surface area contributed by atoms with E-state index in [1.807, 2.05) is 12.1 Å². The molecular formula is C15H23NO3. The molecule has 106 valence electrons. The predicted octanol–water partition coefficient (Wildman–Crippen LogP) is 2.57. The van der Waals surface area contributed by atoms with Gasteiger partial charge in [0.05, 0.1) is 0 Å². The third-order valence-electron chi connectivity index (χ3n) is 3.38. The molecule has 2 rings (SSSR count). The summed E-state index contributed by atoms with van der Waals surface area (Å²) in [6.45, 7) is 7.35. The van der Waals surface area contributed by atoms with Gasteiger partial charge in [0.2, 0.25) is 6.79 Å². The van der Waals surface area contributed by atoms with Gasteiger partial charge in [0, 0.05) is 32.4 Å². The van der Waals surface area contributed by atoms with Crippen LogP contribution >= 0.6 is 0 Å². The van der Waals surface area contributed by atoms with Gasteiger partial charge in [-0.05, 0) is 17.9 Å². The van der Waals surface area contributed by atoms with Gasteiger partial charge in [0.15, 0.2) is 11.5 Å². The Morgan fingerprint density at radius 2 is 2.16 bits per heavy atom. The average molecular weight is 265 g/mol. The molecule has 19 heavy (non-hydrogen) atoms. The molecule has 0 saturated heterocycles. The van der Waals surface area contributed by atoms with Crippen LogP contribution < -0.4 is 14.8 Å². The van der Waals surface area contributed by atoms with Gasteiger partial charge in [-0.15, -0.1) is 0 Å². The fourth-order valence-electron chi connectivity index (χ4n) is 2.13. The van der Waals surface area contributed by atoms with Gasteiger partial charge in [0.25, 0.3) is 0 Å². The van der Waals surface area contributed by atoms with Crippen LogP contribution in [0.25, 0.3) is 0 Å². The molecule has 0 radical (unpaired) electrons. The standard InChI is InChI=1S/C15H23NO3/c1-15(2,7-8-17-3)10-16-9-12-5-4-6-13-14(12)19-11-18-13/h4-6,16H,7-11H2,1-3H3. The number of methoxy groups -OCH3 is 1. The molecule has 0 fully saturated rings. The van der Waals surface area contributed by atoms with E-state index in [0.29, 0.717) is 6.79 Å². The Kier molecular flexibility index (Phi) is 4.66. The van der Waals surface area contributed by atoms with Crippen LogP contribution in [0.1, 0.15) is 25.8 Å². The van der Waals surface area contributed by atoms with Gasteiger partial charge >= 0.3 is 0 Å². The maximum atomic E-state index is 5.49. The summed E-state index contributed by atoms with van der Waals surface area (Å²) in [5, 5.41) is 3.49. The van der Waals surface area contributed by atoms with Crippen molar-refractivity contribution in [2.75, 3.05) is 27.1 Å². The summed E-state index contributed by atoms with van der Waals surface area (Å²) in [7, 11) is 1.74. The lowest BCUT2D eigenvalue weighted by molar-refractivity contribution is 0.150. The average Bonchev–Trinajstić information content (AvgIpc) is 2.85. The second-order valence-corrected chi connectivity index (χ2v) is 5.66. The summed E-state index contributed by atoms with van der Waals surface area (Å²) in [5.41, 5.74) is 1.38. The summed E-state index contributed by atoms with van der Waals surface area (Å²) >= 11 is 0. The van der Waals surface area contributed by atoms with Gasteiger partial charge in [-0.25, -0.2) is 0 Å². The molecule has 0 spiro atoms. The van der Waals surface area contributed by atoms with E-state index >= 15 is 0 Å². The van der Waals surface area contributed by atoms with Crippen molar-refractivity contribution in [2.24, 2.45) is 5.41 Å². The van der Waals surface area contributed by atoms with E-state index in [2.05, 4.69) is 25.2 Å². The van der Waals surface area contributed by atoms with Crippen LogP contribution in [0, 0.1) is 5.41 Å². The first-order chi connectivity index (χ1) is 9.12. The second-order valence-electron chi connectivity index (χ2n) is 5.66. The first-order valence-corrected chi connectivity index (χ1v) is 6.69. The molecule has 0 unspecified atom stereocenters. The summed E-state index contributed by atoms with van der Waals surface area (Å²) in [6.07, 6.45) is 1.04. The van der Waals surface area contributed by atoms with Gasteiger partial charge in [0.1, 0.15) is 0 Å². The van der Waals surface area contributed by atoms with E-state index in [9.17, 15) is 0 Å². The van der Waals surface area contributed by atoms with Crippen molar-refractivity contribution in [3.63, 3.8) is 0 Å². The van der Waals surface area contributed by atoms with Crippen molar-refractivity contribution in [2.45, 2.75) is 26.8 Å². The Bertz CT molecular complexity index is 418. The van der Waals surface area contributed by atoms with Crippen LogP contribution in [0.15, 0.2) is 18.2 Å². The lowest BCUT2D eigenvalue weighted by Gasteiger charge is -2.24. The number of benzene rings is 1. The topological polar surface area (TPSA) is 39.7 Å². The molecule has 0 amide bonds. The van der Waals surface area contributed by atoms with Crippen molar-refractivity contribution >= 4 is 0 Å². The van der Waals surface area contributed by atoms with Crippen LogP contribution in [0.2, 0.25) is 0 Å². The third-order valence-corrected chi connectivity index (χ3v) is 3.38. The maximum absolute atomic E-state index is 5.49. The maximum Gasteiger partial charge on any atom is 0.231 e. The molecule has 1 aliphatic rings. The molecule has 1 aromatic carbocycles. The zero-order valence-corrected chi connectivity index (χ0v) is 12.0. The van der Waals surface area contributed by atoms with Crippen molar-refractivity contribution in [1.29, 1.82) is 0 Å². The molecule has 1 aromatic rings. The van der Waals surface area contributed by atoms with Crippen molar-refractivity contribution < 1.29 is 14.2 Å². The third kappa shape index (κ3) is 3.85. The Morgan fingerprint density at radius 1 is 1.32 bits per heavy atom. The highest BCUT2D eigenvalue weighted by atomic mass is 16.7. The van der Waals surface area contributed by atoms with E-state index in [0.717, 1.165) is 43.2 Å². The Balaban J connectivity index is 1.85. The van der Waals surface area contributed by atoms with Crippen LogP contribution in [-0.2, 0) is 11.3 Å². The highest BCUT2D eigenvalue weighted by Crippen LogP contribution is 2.35. The van der Waals surface area contributed by atoms with E-state index < -0.39 is 0 Å². The molecule has 0 bridgehead atoms. The van der Waals surface area contributed by atoms with E-state index in [1.54, 1.807) is 7.11 Å². The number of fused-ring (bicyclic) bond motifs is 1. The zero-order chi connectivity index (χ0) is 13.7. The fraction of sp³-hybridized carbons (Fsp3) is 0.600. The molecule has 4 heteroatoms. The minimum absolute atomic E-state index is 0.228. The minimum atomic E-state index is 0.228. The van der Waals surface area contributed by atoms with Crippen LogP contribution in [0.4, 0.5) is 0 Å². The minimum Gasteiger partial charge on any atom is -0.454 e. The molecular weight excluding hydrogens is 242 g/mol.